The number of nitrogens with two attached hydrogens (primary N) is 1. The molecule has 0 spiro atoms. The van der Waals surface area contributed by atoms with Gasteiger partial charge in [-0.05, 0) is 54.7 Å². The highest BCUT2D eigenvalue weighted by molar-refractivity contribution is 7.91. The molecule has 154 valence electrons. The molecule has 2 aromatic carbocycles. The summed E-state index contributed by atoms with van der Waals surface area (Å²) in [4.78, 5) is 24.6. The van der Waals surface area contributed by atoms with E-state index in [9.17, 15) is 23.2 Å². The maximum atomic E-state index is 13.3. The van der Waals surface area contributed by atoms with Gasteiger partial charge in [-0.3, -0.25) is 10.0 Å². The van der Waals surface area contributed by atoms with Crippen molar-refractivity contribution in [2.45, 2.75) is 42.5 Å². The molecule has 1 unspecified atom stereocenters. The minimum Gasteiger partial charge on any atom is -0.350 e. The lowest BCUT2D eigenvalue weighted by Gasteiger charge is -2.22. The predicted octanol–water partition coefficient (Wildman–Crippen LogP) is 2.43. The minimum absolute atomic E-state index is 0.179. The van der Waals surface area contributed by atoms with Crippen LogP contribution in [0.5, 0.6) is 0 Å². The van der Waals surface area contributed by atoms with Gasteiger partial charge in [-0.2, -0.15) is 5.06 Å². The van der Waals surface area contributed by atoms with Gasteiger partial charge in [-0.1, -0.05) is 18.2 Å². The fraction of sp³-hybridized carbons (Fsp3) is 0.300. The molecule has 1 atom stereocenters. The Morgan fingerprint density at radius 1 is 1.07 bits per heavy atom. The lowest BCUT2D eigenvalue weighted by molar-refractivity contribution is -0.116. The van der Waals surface area contributed by atoms with Gasteiger partial charge in [-0.25, -0.2) is 13.2 Å². The Hall–Kier alpha value is -2.91. The van der Waals surface area contributed by atoms with Crippen LogP contribution < -0.4 is 10.6 Å². The number of carbonyl (C=O) groups is 2. The van der Waals surface area contributed by atoms with Gasteiger partial charge >= 0.3 is 6.03 Å². The van der Waals surface area contributed by atoms with Crippen molar-refractivity contribution in [3.8, 4) is 0 Å². The molecule has 3 rings (SSSR count). The van der Waals surface area contributed by atoms with Crippen LogP contribution >= 0.6 is 0 Å². The number of hydrogen-bond donors (Lipinski definition) is 2. The van der Waals surface area contributed by atoms with Crippen LogP contribution in [0.15, 0.2) is 46.2 Å². The van der Waals surface area contributed by atoms with E-state index in [-0.39, 0.29) is 15.7 Å². The second-order valence-electron chi connectivity index (χ2n) is 7.10. The summed E-state index contributed by atoms with van der Waals surface area (Å²) >= 11 is 0. The van der Waals surface area contributed by atoms with E-state index in [1.54, 1.807) is 38.2 Å². The highest BCUT2D eigenvalue weighted by Crippen LogP contribution is 2.35. The van der Waals surface area contributed by atoms with Crippen molar-refractivity contribution in [3.63, 3.8) is 0 Å². The van der Waals surface area contributed by atoms with Crippen LogP contribution in [0, 0.1) is 0 Å². The van der Waals surface area contributed by atoms with Crippen LogP contribution in [-0.4, -0.2) is 37.7 Å². The average molecular weight is 417 g/mol. The van der Waals surface area contributed by atoms with Crippen molar-refractivity contribution in [3.05, 3.63) is 53.1 Å². The summed E-state index contributed by atoms with van der Waals surface area (Å²) in [6.07, 6.45) is 0.980. The molecule has 3 N–H and O–H groups in total. The van der Waals surface area contributed by atoms with Crippen molar-refractivity contribution in [1.29, 1.82) is 0 Å². The Labute approximate surface area is 169 Å². The van der Waals surface area contributed by atoms with E-state index in [2.05, 4.69) is 0 Å². The van der Waals surface area contributed by atoms with E-state index in [1.807, 2.05) is 0 Å². The first kappa shape index (κ1) is 20.8. The number of sulfone groups is 1. The summed E-state index contributed by atoms with van der Waals surface area (Å²) < 4.78 is 26.7. The zero-order valence-corrected chi connectivity index (χ0v) is 17.2. The zero-order chi connectivity index (χ0) is 21.5. The highest BCUT2D eigenvalue weighted by Gasteiger charge is 2.29. The Morgan fingerprint density at radius 3 is 2.34 bits per heavy atom. The fourth-order valence-electron chi connectivity index (χ4n) is 3.43. The second kappa shape index (κ2) is 7.49. The first-order valence-corrected chi connectivity index (χ1v) is 10.5. The van der Waals surface area contributed by atoms with Crippen molar-refractivity contribution < 1.29 is 23.2 Å². The van der Waals surface area contributed by atoms with E-state index >= 15 is 0 Å². The molecular weight excluding hydrogens is 394 g/mol. The molecule has 0 saturated heterocycles. The highest BCUT2D eigenvalue weighted by atomic mass is 32.2. The molecule has 9 heteroatoms. The number of urea groups is 1. The van der Waals surface area contributed by atoms with Crippen molar-refractivity contribution in [2.24, 2.45) is 5.73 Å². The van der Waals surface area contributed by atoms with Gasteiger partial charge in [0.05, 0.1) is 15.8 Å². The number of fused-ring (bicyclic) bond motifs is 2. The standard InChI is InChI=1S/C20H23N3O5S/c1-12(23(26)20(21)25)15-7-9-18-16(10-15)5-4-14-6-8-17(22(3)13(2)24)11-19(14)29(18,27)28/h6-12,26H,4-5H2,1-3H3,(H2,21,25). The van der Waals surface area contributed by atoms with Gasteiger partial charge in [0.15, 0.2) is 0 Å². The smallest absolute Gasteiger partial charge is 0.339 e. The maximum absolute atomic E-state index is 13.3. The Balaban J connectivity index is 2.09. The first-order chi connectivity index (χ1) is 13.5. The third kappa shape index (κ3) is 3.70. The SMILES string of the molecule is CC(=O)N(C)c1ccc2c(c1)S(=O)(=O)c1ccc(C(C)N(O)C(N)=O)cc1CC2. The molecule has 0 bridgehead atoms. The largest absolute Gasteiger partial charge is 0.350 e. The first-order valence-electron chi connectivity index (χ1n) is 9.06. The zero-order valence-electron chi connectivity index (χ0n) is 16.4. The molecule has 8 nitrogen and oxygen atoms in total. The molecule has 1 heterocycles. The number of benzene rings is 2. The Morgan fingerprint density at radius 2 is 1.72 bits per heavy atom. The number of hydroxylamine groups is 2. The van der Waals surface area contributed by atoms with Crippen LogP contribution in [0.2, 0.25) is 0 Å². The van der Waals surface area contributed by atoms with E-state index in [0.29, 0.717) is 40.3 Å². The van der Waals surface area contributed by atoms with Crippen LogP contribution in [0.1, 0.15) is 36.6 Å². The third-order valence-electron chi connectivity index (χ3n) is 5.31. The minimum atomic E-state index is -3.80. The molecule has 0 fully saturated rings. The summed E-state index contributed by atoms with van der Waals surface area (Å²) in [5, 5.41) is 10.2. The van der Waals surface area contributed by atoms with E-state index in [0.717, 1.165) is 0 Å². The topological polar surface area (TPSA) is 121 Å². The monoisotopic (exact) mass is 417 g/mol. The van der Waals surface area contributed by atoms with Crippen LogP contribution in [0.3, 0.4) is 0 Å². The summed E-state index contributed by atoms with van der Waals surface area (Å²) in [7, 11) is -2.21. The molecule has 29 heavy (non-hydrogen) atoms. The molecule has 0 aliphatic carbocycles. The van der Waals surface area contributed by atoms with Gasteiger partial charge < -0.3 is 10.6 Å². The maximum Gasteiger partial charge on any atom is 0.339 e. The lowest BCUT2D eigenvalue weighted by Crippen LogP contribution is -2.34. The fourth-order valence-corrected chi connectivity index (χ4v) is 5.21. The molecule has 3 amide bonds. The van der Waals surface area contributed by atoms with Crippen LogP contribution in [-0.2, 0) is 27.5 Å². The number of anilines is 1. The number of primary amides is 1. The van der Waals surface area contributed by atoms with Gasteiger partial charge in [0.2, 0.25) is 15.7 Å². The Kier molecular flexibility index (Phi) is 5.38. The predicted molar refractivity (Wildman–Crippen MR) is 106 cm³/mol. The number of hydrogen-bond acceptors (Lipinski definition) is 5. The number of amides is 3. The summed E-state index contributed by atoms with van der Waals surface area (Å²) in [5.74, 6) is -0.196. The van der Waals surface area contributed by atoms with E-state index in [4.69, 9.17) is 5.73 Å². The number of nitrogens with zero attached hydrogens (tertiary/aromatic N) is 2. The van der Waals surface area contributed by atoms with Gasteiger partial charge in [0, 0.05) is 19.7 Å². The molecule has 2 aromatic rings. The van der Waals surface area contributed by atoms with Crippen molar-refractivity contribution >= 4 is 27.5 Å². The van der Waals surface area contributed by atoms with Crippen molar-refractivity contribution in [2.75, 3.05) is 11.9 Å². The molecular formula is C20H23N3O5S. The molecule has 1 aliphatic rings. The molecule has 1 aliphatic heterocycles. The molecule has 0 aromatic heterocycles. The number of aryl methyl sites for hydroxylation is 2. The third-order valence-corrected chi connectivity index (χ3v) is 7.25. The number of carbonyl (C=O) groups excluding carboxylic acids is 2. The van der Waals surface area contributed by atoms with E-state index in [1.165, 1.54) is 24.0 Å². The quantitative estimate of drug-likeness (QED) is 0.587. The summed E-state index contributed by atoms with van der Waals surface area (Å²) in [6, 6.07) is 8.01. The van der Waals surface area contributed by atoms with Crippen LogP contribution in [0.4, 0.5) is 10.5 Å². The number of rotatable bonds is 3. The summed E-state index contributed by atoms with van der Waals surface area (Å²) in [6.45, 7) is 3.00. The van der Waals surface area contributed by atoms with Gasteiger partial charge in [-0.15, -0.1) is 0 Å². The van der Waals surface area contributed by atoms with Crippen LogP contribution in [0.25, 0.3) is 0 Å². The Bertz CT molecular complexity index is 1100. The van der Waals surface area contributed by atoms with Gasteiger partial charge in [0.1, 0.15) is 0 Å². The van der Waals surface area contributed by atoms with E-state index < -0.39 is 21.9 Å². The van der Waals surface area contributed by atoms with Gasteiger partial charge in [0.25, 0.3) is 0 Å². The molecule has 0 saturated carbocycles. The normalized spacial score (nSPS) is 15.4. The summed E-state index contributed by atoms with van der Waals surface area (Å²) in [5.41, 5.74) is 7.47. The average Bonchev–Trinajstić information content (AvgIpc) is 2.79. The van der Waals surface area contributed by atoms with Crippen molar-refractivity contribution in [1.82, 2.24) is 5.06 Å². The lowest BCUT2D eigenvalue weighted by atomic mass is 10.00. The molecule has 0 radical (unpaired) electrons. The second-order valence-corrected chi connectivity index (χ2v) is 8.99.